The van der Waals surface area contributed by atoms with Crippen LogP contribution in [-0.4, -0.2) is 23.2 Å². The number of amides is 1. The third-order valence-electron chi connectivity index (χ3n) is 3.40. The Balaban J connectivity index is 1.99. The van der Waals surface area contributed by atoms with Crippen LogP contribution in [-0.2, 0) is 0 Å². The zero-order valence-corrected chi connectivity index (χ0v) is 11.0. The lowest BCUT2D eigenvalue weighted by Gasteiger charge is -2.21. The molecule has 0 heterocycles. The van der Waals surface area contributed by atoms with E-state index in [4.69, 9.17) is 11.6 Å². The molecule has 3 nitrogen and oxygen atoms in total. The molecule has 18 heavy (non-hydrogen) atoms. The second-order valence-corrected chi connectivity index (χ2v) is 5.23. The molecule has 1 aromatic rings. The number of aliphatic hydroxyl groups is 1. The number of nitrogens with one attached hydrogen (secondary N) is 1. The van der Waals surface area contributed by atoms with Gasteiger partial charge in [0.15, 0.2) is 0 Å². The van der Waals surface area contributed by atoms with Gasteiger partial charge in [-0.3, -0.25) is 4.79 Å². The number of hydrogen-bond acceptors (Lipinski definition) is 2. The van der Waals surface area contributed by atoms with Crippen LogP contribution in [0, 0.1) is 0 Å². The Morgan fingerprint density at radius 3 is 2.56 bits per heavy atom. The van der Waals surface area contributed by atoms with Gasteiger partial charge in [-0.1, -0.05) is 30.9 Å². The van der Waals surface area contributed by atoms with E-state index in [9.17, 15) is 9.90 Å². The first-order valence-electron chi connectivity index (χ1n) is 6.41. The second kappa shape index (κ2) is 6.21. The quantitative estimate of drug-likeness (QED) is 0.810. The van der Waals surface area contributed by atoms with Gasteiger partial charge in [-0.05, 0) is 37.1 Å². The molecule has 2 rings (SSSR count). The van der Waals surface area contributed by atoms with Crippen molar-refractivity contribution < 1.29 is 9.90 Å². The third kappa shape index (κ3) is 3.47. The smallest absolute Gasteiger partial charge is 0.251 e. The zero-order valence-electron chi connectivity index (χ0n) is 10.2. The zero-order chi connectivity index (χ0) is 13.0. The maximum absolute atomic E-state index is 12.0. The van der Waals surface area contributed by atoms with E-state index in [1.54, 1.807) is 24.3 Å². The highest BCUT2D eigenvalue weighted by atomic mass is 35.5. The summed E-state index contributed by atoms with van der Waals surface area (Å²) in [6.45, 7) is 0. The van der Waals surface area contributed by atoms with Crippen molar-refractivity contribution in [1.29, 1.82) is 0 Å². The van der Waals surface area contributed by atoms with E-state index in [0.29, 0.717) is 10.6 Å². The summed E-state index contributed by atoms with van der Waals surface area (Å²) in [6.07, 6.45) is 4.41. The van der Waals surface area contributed by atoms with Gasteiger partial charge in [0.1, 0.15) is 0 Å². The van der Waals surface area contributed by atoms with Crippen molar-refractivity contribution in [2.45, 2.75) is 44.2 Å². The molecule has 1 amide bonds. The van der Waals surface area contributed by atoms with Crippen LogP contribution in [0.5, 0.6) is 0 Å². The average Bonchev–Trinajstić information content (AvgIpc) is 2.56. The summed E-state index contributed by atoms with van der Waals surface area (Å²) in [5, 5.41) is 13.5. The Labute approximate surface area is 112 Å². The Morgan fingerprint density at radius 2 is 1.83 bits per heavy atom. The van der Waals surface area contributed by atoms with Crippen LogP contribution in [0.25, 0.3) is 0 Å². The fraction of sp³-hybridized carbons (Fsp3) is 0.500. The van der Waals surface area contributed by atoms with Crippen molar-refractivity contribution >= 4 is 17.5 Å². The minimum absolute atomic E-state index is 0.129. The van der Waals surface area contributed by atoms with Crippen LogP contribution in [0.4, 0.5) is 0 Å². The van der Waals surface area contributed by atoms with Gasteiger partial charge < -0.3 is 10.4 Å². The summed E-state index contributed by atoms with van der Waals surface area (Å²) in [5.41, 5.74) is 0.579. The first-order valence-corrected chi connectivity index (χ1v) is 6.79. The second-order valence-electron chi connectivity index (χ2n) is 4.79. The molecule has 0 aromatic heterocycles. The van der Waals surface area contributed by atoms with E-state index in [2.05, 4.69) is 5.32 Å². The van der Waals surface area contributed by atoms with E-state index in [1.807, 2.05) is 0 Å². The van der Waals surface area contributed by atoms with Crippen LogP contribution in [0.15, 0.2) is 24.3 Å². The number of hydrogen-bond donors (Lipinski definition) is 2. The van der Waals surface area contributed by atoms with E-state index in [0.717, 1.165) is 32.1 Å². The van der Waals surface area contributed by atoms with Crippen molar-refractivity contribution in [3.63, 3.8) is 0 Å². The van der Waals surface area contributed by atoms with Crippen LogP contribution in [0.1, 0.15) is 42.5 Å². The number of benzene rings is 1. The predicted octanol–water partition coefficient (Wildman–Crippen LogP) is 2.76. The maximum Gasteiger partial charge on any atom is 0.251 e. The standard InChI is InChI=1S/C14H18ClNO2/c15-11-8-6-10(7-9-11)14(18)16-12-4-2-1-3-5-13(12)17/h6-9,12-13,17H,1-5H2,(H,16,18). The monoisotopic (exact) mass is 267 g/mol. The molecule has 4 heteroatoms. The Morgan fingerprint density at radius 1 is 1.17 bits per heavy atom. The predicted molar refractivity (Wildman–Crippen MR) is 71.8 cm³/mol. The summed E-state index contributed by atoms with van der Waals surface area (Å²) >= 11 is 5.78. The van der Waals surface area contributed by atoms with Gasteiger partial charge in [0, 0.05) is 10.6 Å². The van der Waals surface area contributed by atoms with Crippen LogP contribution in [0.2, 0.25) is 5.02 Å². The topological polar surface area (TPSA) is 49.3 Å². The first kappa shape index (κ1) is 13.4. The molecule has 0 radical (unpaired) electrons. The SMILES string of the molecule is O=C(NC1CCCCCC1O)c1ccc(Cl)cc1. The molecule has 1 fully saturated rings. The highest BCUT2D eigenvalue weighted by molar-refractivity contribution is 6.30. The molecule has 98 valence electrons. The number of rotatable bonds is 2. The van der Waals surface area contributed by atoms with E-state index in [-0.39, 0.29) is 11.9 Å². The van der Waals surface area contributed by atoms with Crippen molar-refractivity contribution in [2.75, 3.05) is 0 Å². The maximum atomic E-state index is 12.0. The highest BCUT2D eigenvalue weighted by Crippen LogP contribution is 2.18. The molecule has 1 aromatic carbocycles. The van der Waals surface area contributed by atoms with Gasteiger partial charge in [0.05, 0.1) is 12.1 Å². The molecule has 1 saturated carbocycles. The first-order chi connectivity index (χ1) is 8.66. The van der Waals surface area contributed by atoms with Crippen molar-refractivity contribution in [1.82, 2.24) is 5.32 Å². The van der Waals surface area contributed by atoms with Gasteiger partial charge in [-0.15, -0.1) is 0 Å². The molecule has 0 bridgehead atoms. The molecule has 2 unspecified atom stereocenters. The summed E-state index contributed by atoms with van der Waals surface area (Å²) < 4.78 is 0. The minimum atomic E-state index is -0.427. The number of carbonyl (C=O) groups is 1. The van der Waals surface area contributed by atoms with Crippen LogP contribution in [0.3, 0.4) is 0 Å². The molecule has 2 N–H and O–H groups in total. The van der Waals surface area contributed by atoms with Crippen molar-refractivity contribution in [3.8, 4) is 0 Å². The van der Waals surface area contributed by atoms with Gasteiger partial charge in [-0.25, -0.2) is 0 Å². The summed E-state index contributed by atoms with van der Waals surface area (Å²) in [5.74, 6) is -0.141. The fourth-order valence-electron chi connectivity index (χ4n) is 2.31. The molecule has 2 atom stereocenters. The third-order valence-corrected chi connectivity index (χ3v) is 3.65. The van der Waals surface area contributed by atoms with Gasteiger partial charge >= 0.3 is 0 Å². The molecule has 0 saturated heterocycles. The lowest BCUT2D eigenvalue weighted by atomic mass is 10.1. The minimum Gasteiger partial charge on any atom is -0.391 e. The van der Waals surface area contributed by atoms with Gasteiger partial charge in [-0.2, -0.15) is 0 Å². The fourth-order valence-corrected chi connectivity index (χ4v) is 2.44. The molecule has 1 aliphatic carbocycles. The molecule has 0 spiro atoms. The number of halogens is 1. The van der Waals surface area contributed by atoms with Crippen LogP contribution >= 0.6 is 11.6 Å². The summed E-state index contributed by atoms with van der Waals surface area (Å²) in [4.78, 5) is 12.0. The summed E-state index contributed by atoms with van der Waals surface area (Å²) in [7, 11) is 0. The molecule has 0 aliphatic heterocycles. The molecule has 1 aliphatic rings. The molecular weight excluding hydrogens is 250 g/mol. The largest absolute Gasteiger partial charge is 0.391 e. The van der Waals surface area contributed by atoms with Crippen molar-refractivity contribution in [2.24, 2.45) is 0 Å². The van der Waals surface area contributed by atoms with E-state index in [1.165, 1.54) is 0 Å². The average molecular weight is 268 g/mol. The Bertz CT molecular complexity index is 405. The highest BCUT2D eigenvalue weighted by Gasteiger charge is 2.23. The van der Waals surface area contributed by atoms with E-state index >= 15 is 0 Å². The van der Waals surface area contributed by atoms with Gasteiger partial charge in [0.2, 0.25) is 0 Å². The van der Waals surface area contributed by atoms with Crippen molar-refractivity contribution in [3.05, 3.63) is 34.9 Å². The van der Waals surface area contributed by atoms with E-state index < -0.39 is 6.10 Å². The number of aliphatic hydroxyl groups excluding tert-OH is 1. The van der Waals surface area contributed by atoms with Gasteiger partial charge in [0.25, 0.3) is 5.91 Å². The number of carbonyl (C=O) groups excluding carboxylic acids is 1. The Hall–Kier alpha value is -1.06. The van der Waals surface area contributed by atoms with Crippen LogP contribution < -0.4 is 5.32 Å². The lowest BCUT2D eigenvalue weighted by molar-refractivity contribution is 0.0819. The summed E-state index contributed by atoms with van der Waals surface area (Å²) in [6, 6.07) is 6.65. The lowest BCUT2D eigenvalue weighted by Crippen LogP contribution is -2.42. The molecular formula is C14H18ClNO2. The Kier molecular flexibility index (Phi) is 4.61. The normalized spacial score (nSPS) is 24.3.